The molecular formula is C18H35NO. The van der Waals surface area contributed by atoms with Gasteiger partial charge in [0.2, 0.25) is 0 Å². The van der Waals surface area contributed by atoms with E-state index >= 15 is 0 Å². The molecule has 118 valence electrons. The lowest BCUT2D eigenvalue weighted by molar-refractivity contribution is -0.0204. The summed E-state index contributed by atoms with van der Waals surface area (Å²) < 4.78 is 0. The van der Waals surface area contributed by atoms with E-state index in [4.69, 9.17) is 0 Å². The van der Waals surface area contributed by atoms with Gasteiger partial charge in [0, 0.05) is 6.04 Å². The Labute approximate surface area is 125 Å². The second kappa shape index (κ2) is 6.79. The molecular weight excluding hydrogens is 246 g/mol. The van der Waals surface area contributed by atoms with E-state index in [0.29, 0.717) is 11.5 Å². The Kier molecular flexibility index (Phi) is 5.53. The molecule has 0 spiro atoms. The van der Waals surface area contributed by atoms with Crippen LogP contribution in [-0.2, 0) is 0 Å². The molecule has 2 fully saturated rings. The molecule has 2 rings (SSSR count). The minimum Gasteiger partial charge on any atom is -0.391 e. The van der Waals surface area contributed by atoms with Crippen molar-refractivity contribution < 1.29 is 5.11 Å². The van der Waals surface area contributed by atoms with Gasteiger partial charge in [-0.2, -0.15) is 0 Å². The highest BCUT2D eigenvalue weighted by atomic mass is 16.3. The quantitative estimate of drug-likeness (QED) is 0.843. The number of rotatable bonds is 3. The first-order valence-electron chi connectivity index (χ1n) is 8.84. The summed E-state index contributed by atoms with van der Waals surface area (Å²) in [5, 5.41) is 10.4. The van der Waals surface area contributed by atoms with Gasteiger partial charge in [0.15, 0.2) is 0 Å². The minimum absolute atomic E-state index is 0.0747. The summed E-state index contributed by atoms with van der Waals surface area (Å²) in [6, 6.07) is 0.446. The topological polar surface area (TPSA) is 23.5 Å². The van der Waals surface area contributed by atoms with E-state index in [-0.39, 0.29) is 6.10 Å². The Hall–Kier alpha value is -0.0800. The molecule has 1 saturated heterocycles. The highest BCUT2D eigenvalue weighted by Crippen LogP contribution is 2.37. The molecule has 2 aliphatic rings. The van der Waals surface area contributed by atoms with Crippen molar-refractivity contribution in [3.63, 3.8) is 0 Å². The molecule has 2 nitrogen and oxygen atoms in total. The summed E-state index contributed by atoms with van der Waals surface area (Å²) in [4.78, 5) is 2.61. The zero-order chi connectivity index (χ0) is 14.8. The predicted molar refractivity (Wildman–Crippen MR) is 85.8 cm³/mol. The van der Waals surface area contributed by atoms with Crippen LogP contribution in [0.15, 0.2) is 0 Å². The summed E-state index contributed by atoms with van der Waals surface area (Å²) in [6.07, 6.45) is 8.68. The first-order valence-corrected chi connectivity index (χ1v) is 8.84. The van der Waals surface area contributed by atoms with Crippen molar-refractivity contribution >= 4 is 0 Å². The zero-order valence-electron chi connectivity index (χ0n) is 14.1. The largest absolute Gasteiger partial charge is 0.391 e. The molecule has 3 atom stereocenters. The highest BCUT2D eigenvalue weighted by molar-refractivity contribution is 4.90. The number of aliphatic hydroxyl groups excluding tert-OH is 1. The maximum absolute atomic E-state index is 10.4. The Balaban J connectivity index is 1.88. The molecule has 1 N–H and O–H groups in total. The SMILES string of the molecule is CCCC1CCC(O)C(N2CCC(C(C)(C)C)CC2)C1. The number of hydrogen-bond donors (Lipinski definition) is 1. The molecule has 0 aromatic rings. The number of nitrogens with zero attached hydrogens (tertiary/aromatic N) is 1. The molecule has 0 radical (unpaired) electrons. The molecule has 20 heavy (non-hydrogen) atoms. The van der Waals surface area contributed by atoms with Gasteiger partial charge >= 0.3 is 0 Å². The molecule has 1 heterocycles. The lowest BCUT2D eigenvalue weighted by atomic mass is 9.74. The molecule has 0 amide bonds. The second-order valence-electron chi connectivity index (χ2n) is 8.28. The van der Waals surface area contributed by atoms with Crippen LogP contribution in [0.2, 0.25) is 0 Å². The van der Waals surface area contributed by atoms with Crippen molar-refractivity contribution in [2.75, 3.05) is 13.1 Å². The van der Waals surface area contributed by atoms with Crippen LogP contribution in [0.25, 0.3) is 0 Å². The van der Waals surface area contributed by atoms with Crippen molar-refractivity contribution in [2.45, 2.75) is 84.8 Å². The number of aliphatic hydroxyl groups is 1. The van der Waals surface area contributed by atoms with Gasteiger partial charge in [0.25, 0.3) is 0 Å². The second-order valence-corrected chi connectivity index (χ2v) is 8.28. The lowest BCUT2D eigenvalue weighted by Gasteiger charge is -2.46. The number of piperidine rings is 1. The van der Waals surface area contributed by atoms with Crippen molar-refractivity contribution in [2.24, 2.45) is 17.3 Å². The molecule has 1 aliphatic carbocycles. The maximum Gasteiger partial charge on any atom is 0.0695 e. The average Bonchev–Trinajstić information content (AvgIpc) is 2.40. The minimum atomic E-state index is -0.0747. The van der Waals surface area contributed by atoms with E-state index in [2.05, 4.69) is 32.6 Å². The summed E-state index contributed by atoms with van der Waals surface area (Å²) in [6.45, 7) is 11.8. The summed E-state index contributed by atoms with van der Waals surface area (Å²) >= 11 is 0. The van der Waals surface area contributed by atoms with E-state index in [1.165, 1.54) is 51.6 Å². The number of hydrogen-bond acceptors (Lipinski definition) is 2. The molecule has 0 aromatic heterocycles. The van der Waals surface area contributed by atoms with E-state index in [0.717, 1.165) is 18.3 Å². The average molecular weight is 281 g/mol. The van der Waals surface area contributed by atoms with Gasteiger partial charge in [-0.05, 0) is 62.4 Å². The molecule has 0 bridgehead atoms. The van der Waals surface area contributed by atoms with Gasteiger partial charge in [0.1, 0.15) is 0 Å². The maximum atomic E-state index is 10.4. The molecule has 3 unspecified atom stereocenters. The third-order valence-electron chi connectivity index (χ3n) is 5.81. The van der Waals surface area contributed by atoms with Gasteiger partial charge in [0.05, 0.1) is 6.10 Å². The fraction of sp³-hybridized carbons (Fsp3) is 1.00. The van der Waals surface area contributed by atoms with Crippen LogP contribution >= 0.6 is 0 Å². The molecule has 1 saturated carbocycles. The van der Waals surface area contributed by atoms with Gasteiger partial charge in [-0.25, -0.2) is 0 Å². The van der Waals surface area contributed by atoms with Crippen LogP contribution in [0.3, 0.4) is 0 Å². The summed E-state index contributed by atoms with van der Waals surface area (Å²) in [7, 11) is 0. The van der Waals surface area contributed by atoms with Crippen LogP contribution < -0.4 is 0 Å². The third kappa shape index (κ3) is 3.98. The van der Waals surface area contributed by atoms with Crippen LogP contribution in [0.5, 0.6) is 0 Å². The Bertz CT molecular complexity index is 288. The molecule has 0 aromatic carbocycles. The monoisotopic (exact) mass is 281 g/mol. The van der Waals surface area contributed by atoms with Crippen molar-refractivity contribution in [1.29, 1.82) is 0 Å². The van der Waals surface area contributed by atoms with Crippen molar-refractivity contribution in [3.8, 4) is 0 Å². The van der Waals surface area contributed by atoms with E-state index in [1.54, 1.807) is 0 Å². The number of likely N-dealkylation sites (tertiary alicyclic amines) is 1. The molecule has 2 heteroatoms. The Morgan fingerprint density at radius 1 is 1.05 bits per heavy atom. The van der Waals surface area contributed by atoms with Crippen LogP contribution in [-0.4, -0.2) is 35.2 Å². The summed E-state index contributed by atoms with van der Waals surface area (Å²) in [5.74, 6) is 1.71. The van der Waals surface area contributed by atoms with Gasteiger partial charge in [-0.15, -0.1) is 0 Å². The van der Waals surface area contributed by atoms with Gasteiger partial charge in [-0.1, -0.05) is 40.5 Å². The smallest absolute Gasteiger partial charge is 0.0695 e. The lowest BCUT2D eigenvalue weighted by Crippen LogP contribution is -2.51. The van der Waals surface area contributed by atoms with Crippen LogP contribution in [0.4, 0.5) is 0 Å². The van der Waals surface area contributed by atoms with Crippen molar-refractivity contribution in [3.05, 3.63) is 0 Å². The standard InChI is InChI=1S/C18H35NO/c1-5-6-14-7-8-17(20)16(13-14)19-11-9-15(10-12-19)18(2,3)4/h14-17,20H,5-13H2,1-4H3. The normalized spacial score (nSPS) is 34.4. The van der Waals surface area contributed by atoms with E-state index < -0.39 is 0 Å². The first-order chi connectivity index (χ1) is 9.41. The van der Waals surface area contributed by atoms with Gasteiger partial charge in [-0.3, -0.25) is 4.90 Å². The van der Waals surface area contributed by atoms with Crippen LogP contribution in [0, 0.1) is 17.3 Å². The van der Waals surface area contributed by atoms with E-state index in [9.17, 15) is 5.11 Å². The molecule has 1 aliphatic heterocycles. The fourth-order valence-corrected chi connectivity index (χ4v) is 4.38. The van der Waals surface area contributed by atoms with Crippen molar-refractivity contribution in [1.82, 2.24) is 4.90 Å². The fourth-order valence-electron chi connectivity index (χ4n) is 4.38. The Morgan fingerprint density at radius 3 is 2.25 bits per heavy atom. The third-order valence-corrected chi connectivity index (χ3v) is 5.81. The first kappa shape index (κ1) is 16.3. The highest BCUT2D eigenvalue weighted by Gasteiger charge is 2.36. The predicted octanol–water partition coefficient (Wildman–Crippen LogP) is 4.07. The Morgan fingerprint density at radius 2 is 1.70 bits per heavy atom. The summed E-state index contributed by atoms with van der Waals surface area (Å²) in [5.41, 5.74) is 0.446. The van der Waals surface area contributed by atoms with Gasteiger partial charge < -0.3 is 5.11 Å². The van der Waals surface area contributed by atoms with Crippen LogP contribution in [0.1, 0.15) is 72.6 Å². The van der Waals surface area contributed by atoms with E-state index in [1.807, 2.05) is 0 Å². The zero-order valence-corrected chi connectivity index (χ0v) is 14.1.